The fraction of sp³-hybridized carbons (Fsp3) is 0.500. The second kappa shape index (κ2) is 7.50. The molecule has 1 aliphatic heterocycles. The zero-order valence-electron chi connectivity index (χ0n) is 13.3. The van der Waals surface area contributed by atoms with Crippen molar-refractivity contribution in [1.29, 1.82) is 0 Å². The highest BCUT2D eigenvalue weighted by molar-refractivity contribution is 6.01. The molecule has 3 amide bonds. The summed E-state index contributed by atoms with van der Waals surface area (Å²) in [5.41, 5.74) is 0.517. The zero-order chi connectivity index (χ0) is 16.9. The SMILES string of the molecule is O=C(CN(CCCO)C1CC1)NC(=O)Nc1ccc2c(c1)OCO2. The van der Waals surface area contributed by atoms with Crippen molar-refractivity contribution in [2.75, 3.05) is 31.8 Å². The van der Waals surface area contributed by atoms with E-state index in [1.807, 2.05) is 4.90 Å². The first-order chi connectivity index (χ1) is 11.7. The standard InChI is InChI=1S/C16H21N3O5/c20-7-1-6-19(12-3-4-12)9-15(21)18-16(22)17-11-2-5-13-14(8-11)24-10-23-13/h2,5,8,12,20H,1,3-4,6-7,9-10H2,(H2,17,18,21,22). The molecule has 0 radical (unpaired) electrons. The highest BCUT2D eigenvalue weighted by Gasteiger charge is 2.30. The molecule has 1 saturated carbocycles. The van der Waals surface area contributed by atoms with Crippen molar-refractivity contribution < 1.29 is 24.2 Å². The highest BCUT2D eigenvalue weighted by Crippen LogP contribution is 2.34. The van der Waals surface area contributed by atoms with Crippen molar-refractivity contribution in [3.05, 3.63) is 18.2 Å². The minimum atomic E-state index is -0.586. The number of carbonyl (C=O) groups excluding carboxylic acids is 2. The summed E-state index contributed by atoms with van der Waals surface area (Å²) in [4.78, 5) is 25.9. The van der Waals surface area contributed by atoms with E-state index < -0.39 is 6.03 Å². The Kier molecular flexibility index (Phi) is 5.17. The molecule has 0 spiro atoms. The number of aliphatic hydroxyl groups excluding tert-OH is 1. The van der Waals surface area contributed by atoms with Gasteiger partial charge in [0.1, 0.15) is 0 Å². The average Bonchev–Trinajstić information content (AvgIpc) is 3.29. The predicted octanol–water partition coefficient (Wildman–Crippen LogP) is 0.910. The fourth-order valence-corrected chi connectivity index (χ4v) is 2.59. The number of rotatable bonds is 7. The maximum atomic E-state index is 12.0. The summed E-state index contributed by atoms with van der Waals surface area (Å²) in [6.07, 6.45) is 2.73. The number of hydrogen-bond acceptors (Lipinski definition) is 6. The van der Waals surface area contributed by atoms with Crippen LogP contribution < -0.4 is 20.1 Å². The first-order valence-corrected chi connectivity index (χ1v) is 8.01. The second-order valence-corrected chi connectivity index (χ2v) is 5.85. The molecule has 1 aliphatic carbocycles. The minimum Gasteiger partial charge on any atom is -0.454 e. The fourth-order valence-electron chi connectivity index (χ4n) is 2.59. The summed E-state index contributed by atoms with van der Waals surface area (Å²) in [6, 6.07) is 4.82. The molecule has 2 aliphatic rings. The maximum Gasteiger partial charge on any atom is 0.325 e. The number of nitrogens with zero attached hydrogens (tertiary/aromatic N) is 1. The molecule has 1 aromatic carbocycles. The molecule has 1 fully saturated rings. The number of benzene rings is 1. The van der Waals surface area contributed by atoms with E-state index in [0.29, 0.717) is 36.2 Å². The van der Waals surface area contributed by atoms with Crippen molar-refractivity contribution >= 4 is 17.6 Å². The van der Waals surface area contributed by atoms with Crippen molar-refractivity contribution in [1.82, 2.24) is 10.2 Å². The lowest BCUT2D eigenvalue weighted by atomic mass is 10.3. The van der Waals surface area contributed by atoms with Gasteiger partial charge in [-0.1, -0.05) is 0 Å². The summed E-state index contributed by atoms with van der Waals surface area (Å²) in [5.74, 6) is 0.821. The van der Waals surface area contributed by atoms with Crippen LogP contribution in [0.3, 0.4) is 0 Å². The van der Waals surface area contributed by atoms with E-state index in [-0.39, 0.29) is 25.9 Å². The Morgan fingerprint density at radius 2 is 2.04 bits per heavy atom. The van der Waals surface area contributed by atoms with Crippen LogP contribution in [0.15, 0.2) is 18.2 Å². The largest absolute Gasteiger partial charge is 0.454 e. The monoisotopic (exact) mass is 335 g/mol. The topological polar surface area (TPSA) is 100 Å². The van der Waals surface area contributed by atoms with Crippen LogP contribution in [0, 0.1) is 0 Å². The van der Waals surface area contributed by atoms with E-state index in [2.05, 4.69) is 10.6 Å². The molecular formula is C16H21N3O5. The van der Waals surface area contributed by atoms with E-state index in [1.54, 1.807) is 18.2 Å². The molecule has 1 heterocycles. The number of imide groups is 1. The van der Waals surface area contributed by atoms with Gasteiger partial charge in [-0.15, -0.1) is 0 Å². The molecule has 8 nitrogen and oxygen atoms in total. The summed E-state index contributed by atoms with van der Waals surface area (Å²) < 4.78 is 10.4. The third-order valence-electron chi connectivity index (χ3n) is 3.90. The lowest BCUT2D eigenvalue weighted by Crippen LogP contribution is -2.43. The van der Waals surface area contributed by atoms with E-state index in [0.717, 1.165) is 12.8 Å². The lowest BCUT2D eigenvalue weighted by Gasteiger charge is -2.20. The highest BCUT2D eigenvalue weighted by atomic mass is 16.7. The van der Waals surface area contributed by atoms with Crippen molar-refractivity contribution in [2.45, 2.75) is 25.3 Å². The molecule has 8 heteroatoms. The molecule has 3 N–H and O–H groups in total. The van der Waals surface area contributed by atoms with Crippen molar-refractivity contribution in [3.8, 4) is 11.5 Å². The molecule has 130 valence electrons. The van der Waals surface area contributed by atoms with Gasteiger partial charge in [-0.2, -0.15) is 0 Å². The minimum absolute atomic E-state index is 0.0927. The Balaban J connectivity index is 1.48. The summed E-state index contributed by atoms with van der Waals surface area (Å²) >= 11 is 0. The maximum absolute atomic E-state index is 12.0. The number of fused-ring (bicyclic) bond motifs is 1. The summed E-state index contributed by atoms with van der Waals surface area (Å²) in [7, 11) is 0. The Labute approximate surface area is 139 Å². The molecule has 0 aromatic heterocycles. The Hall–Kier alpha value is -2.32. The first kappa shape index (κ1) is 16.5. The van der Waals surface area contributed by atoms with Gasteiger partial charge in [0.25, 0.3) is 0 Å². The van der Waals surface area contributed by atoms with Gasteiger partial charge in [0.05, 0.1) is 6.54 Å². The number of urea groups is 1. The van der Waals surface area contributed by atoms with Gasteiger partial charge < -0.3 is 19.9 Å². The van der Waals surface area contributed by atoms with Crippen LogP contribution in [0.5, 0.6) is 11.5 Å². The van der Waals surface area contributed by atoms with Crippen molar-refractivity contribution in [3.63, 3.8) is 0 Å². The van der Waals surface area contributed by atoms with E-state index in [4.69, 9.17) is 14.6 Å². The number of aliphatic hydroxyl groups is 1. The molecule has 24 heavy (non-hydrogen) atoms. The van der Waals surface area contributed by atoms with Crippen molar-refractivity contribution in [2.24, 2.45) is 0 Å². The van der Waals surface area contributed by atoms with Gasteiger partial charge in [-0.3, -0.25) is 15.0 Å². The third kappa shape index (κ3) is 4.36. The lowest BCUT2D eigenvalue weighted by molar-refractivity contribution is -0.121. The van der Waals surface area contributed by atoms with Gasteiger partial charge in [0, 0.05) is 30.9 Å². The van der Waals surface area contributed by atoms with E-state index >= 15 is 0 Å². The predicted molar refractivity (Wildman–Crippen MR) is 86.0 cm³/mol. The van der Waals surface area contributed by atoms with E-state index in [1.165, 1.54) is 0 Å². The van der Waals surface area contributed by atoms with Gasteiger partial charge in [-0.05, 0) is 31.4 Å². The number of anilines is 1. The Morgan fingerprint density at radius 3 is 2.79 bits per heavy atom. The smallest absolute Gasteiger partial charge is 0.325 e. The molecule has 0 bridgehead atoms. The van der Waals surface area contributed by atoms with E-state index in [9.17, 15) is 9.59 Å². The number of hydrogen-bond donors (Lipinski definition) is 3. The van der Waals surface area contributed by atoms with Crippen LogP contribution in [-0.2, 0) is 4.79 Å². The summed E-state index contributed by atoms with van der Waals surface area (Å²) in [6.45, 7) is 1.06. The molecular weight excluding hydrogens is 314 g/mol. The van der Waals surface area contributed by atoms with Gasteiger partial charge >= 0.3 is 6.03 Å². The Morgan fingerprint density at radius 1 is 1.25 bits per heavy atom. The molecule has 3 rings (SSSR count). The first-order valence-electron chi connectivity index (χ1n) is 8.01. The van der Waals surface area contributed by atoms with Gasteiger partial charge in [0.15, 0.2) is 11.5 Å². The van der Waals surface area contributed by atoms with Crippen LogP contribution in [0.1, 0.15) is 19.3 Å². The van der Waals surface area contributed by atoms with Gasteiger partial charge in [-0.25, -0.2) is 4.79 Å². The number of nitrogens with one attached hydrogen (secondary N) is 2. The zero-order valence-corrected chi connectivity index (χ0v) is 13.3. The van der Waals surface area contributed by atoms with Crippen LogP contribution in [0.2, 0.25) is 0 Å². The van der Waals surface area contributed by atoms with Crippen LogP contribution in [0.25, 0.3) is 0 Å². The average molecular weight is 335 g/mol. The molecule has 0 unspecified atom stereocenters. The van der Waals surface area contributed by atoms with Gasteiger partial charge in [0.2, 0.25) is 12.7 Å². The quantitative estimate of drug-likeness (QED) is 0.685. The Bertz CT molecular complexity index is 618. The molecule has 1 aromatic rings. The van der Waals surface area contributed by atoms with Crippen LogP contribution in [0.4, 0.5) is 10.5 Å². The van der Waals surface area contributed by atoms with Crippen LogP contribution >= 0.6 is 0 Å². The molecule has 0 atom stereocenters. The third-order valence-corrected chi connectivity index (χ3v) is 3.90. The molecule has 0 saturated heterocycles. The van der Waals surface area contributed by atoms with Crippen LogP contribution in [-0.4, -0.2) is 54.5 Å². The normalized spacial score (nSPS) is 15.4. The number of carbonyl (C=O) groups is 2. The number of ether oxygens (including phenoxy) is 2. The number of amides is 3. The second-order valence-electron chi connectivity index (χ2n) is 5.85. The summed E-state index contributed by atoms with van der Waals surface area (Å²) in [5, 5.41) is 13.8.